The van der Waals surface area contributed by atoms with E-state index < -0.39 is 0 Å². The second kappa shape index (κ2) is 10.2. The third-order valence-electron chi connectivity index (χ3n) is 1.34. The van der Waals surface area contributed by atoms with Gasteiger partial charge < -0.3 is 16.0 Å². The van der Waals surface area contributed by atoms with Crippen molar-refractivity contribution in [1.29, 1.82) is 0 Å². The molecule has 1 heterocycles. The maximum atomic E-state index is 4.71. The van der Waals surface area contributed by atoms with Crippen LogP contribution in [0.1, 0.15) is 0 Å². The molecule has 3 nitrogen and oxygen atoms in total. The topological polar surface area (TPSA) is 41.3 Å². The van der Waals surface area contributed by atoms with Crippen LogP contribution in [0, 0.1) is 0 Å². The number of thiocarbonyl (C=S) groups is 1. The molecule has 0 aromatic heterocycles. The Kier molecular flexibility index (Phi) is 13.3. The molecule has 0 aliphatic carbocycles. The van der Waals surface area contributed by atoms with E-state index in [1.807, 2.05) is 0 Å². The van der Waals surface area contributed by atoms with E-state index in [9.17, 15) is 0 Å². The van der Waals surface area contributed by atoms with Crippen molar-refractivity contribution in [2.24, 2.45) is 5.73 Å². The summed E-state index contributed by atoms with van der Waals surface area (Å²) < 4.78 is 0.194. The van der Waals surface area contributed by atoms with Gasteiger partial charge in [0.15, 0.2) is 0 Å². The molecule has 0 saturated carbocycles. The van der Waals surface area contributed by atoms with Crippen molar-refractivity contribution in [2.45, 2.75) is 0 Å². The zero-order chi connectivity index (χ0) is 8.69. The third kappa shape index (κ3) is 13.7. The summed E-state index contributed by atoms with van der Waals surface area (Å²) in [5.74, 6) is 0. The van der Waals surface area contributed by atoms with Crippen LogP contribution in [0.2, 0.25) is 0 Å². The van der Waals surface area contributed by atoms with Gasteiger partial charge in [-0.2, -0.15) is 0 Å². The summed E-state index contributed by atoms with van der Waals surface area (Å²) in [6.45, 7) is 4.74. The summed E-state index contributed by atoms with van der Waals surface area (Å²) in [6, 6.07) is 0. The third-order valence-corrected chi connectivity index (χ3v) is 1.34. The Balaban J connectivity index is 0. The Morgan fingerprint density at radius 3 is 2.00 bits per heavy atom. The molecular weight excluding hydrogens is 201 g/mol. The van der Waals surface area contributed by atoms with Gasteiger partial charge in [-0.1, -0.05) is 12.2 Å². The average molecular weight is 217 g/mol. The Labute approximate surface area is 107 Å². The minimum absolute atomic E-state index is 0. The van der Waals surface area contributed by atoms with Crippen LogP contribution >= 0.6 is 24.8 Å². The van der Waals surface area contributed by atoms with E-state index in [1.165, 1.54) is 13.1 Å². The van der Waals surface area contributed by atoms with Gasteiger partial charge in [-0.3, -0.25) is 0 Å². The van der Waals surface area contributed by atoms with Gasteiger partial charge in [0.1, 0.15) is 4.32 Å². The summed E-state index contributed by atoms with van der Waals surface area (Å²) in [7, 11) is 2.15. The molecule has 0 spiro atoms. The monoisotopic (exact) mass is 217 g/mol. The Bertz CT molecular complexity index is 113. The van der Waals surface area contributed by atoms with E-state index in [2.05, 4.69) is 42.1 Å². The molecule has 12 heavy (non-hydrogen) atoms. The standard InChI is InChI=1S/C5H12N2.CH3NS2.Na.H/c1-7-4-2-6-3-5-7;2-1(3)4;;/h6H,2-5H2,1H3;(H3,2,3,4);;. The second-order valence-electron chi connectivity index (χ2n) is 2.39. The summed E-state index contributed by atoms with van der Waals surface area (Å²) in [4.78, 5) is 2.33. The first-order valence-corrected chi connectivity index (χ1v) is 4.36. The number of hydrogen-bond acceptors (Lipinski definition) is 3. The number of likely N-dealkylation sites (N-methyl/N-ethyl adjacent to an activating group) is 1. The quantitative estimate of drug-likeness (QED) is 0.277. The molecular formula is C6H16N3NaS2. The van der Waals surface area contributed by atoms with E-state index in [0.29, 0.717) is 0 Å². The predicted molar refractivity (Wildman–Crippen MR) is 63.3 cm³/mol. The van der Waals surface area contributed by atoms with Crippen molar-refractivity contribution < 1.29 is 0 Å². The van der Waals surface area contributed by atoms with Gasteiger partial charge in [-0.25, -0.2) is 0 Å². The summed E-state index contributed by atoms with van der Waals surface area (Å²) in [5.41, 5.74) is 4.71. The van der Waals surface area contributed by atoms with Crippen LogP contribution in [-0.4, -0.2) is 72.0 Å². The molecule has 0 atom stereocenters. The SMILES string of the molecule is CN1CCNCC1.NC(=S)S.[NaH]. The first kappa shape index (κ1) is 15.6. The Morgan fingerprint density at radius 2 is 1.83 bits per heavy atom. The van der Waals surface area contributed by atoms with Crippen LogP contribution < -0.4 is 11.1 Å². The van der Waals surface area contributed by atoms with Gasteiger partial charge >= 0.3 is 29.6 Å². The van der Waals surface area contributed by atoms with Crippen LogP contribution in [0.4, 0.5) is 0 Å². The first-order valence-electron chi connectivity index (χ1n) is 3.50. The van der Waals surface area contributed by atoms with Gasteiger partial charge in [-0.15, -0.1) is 12.6 Å². The van der Waals surface area contributed by atoms with Gasteiger partial charge in [0.25, 0.3) is 0 Å². The fourth-order valence-corrected chi connectivity index (χ4v) is 0.777. The van der Waals surface area contributed by atoms with Gasteiger partial charge in [0, 0.05) is 26.2 Å². The van der Waals surface area contributed by atoms with E-state index in [-0.39, 0.29) is 33.9 Å². The molecule has 6 heteroatoms. The fraction of sp³-hybridized carbons (Fsp3) is 0.833. The molecule has 0 aromatic rings. The minimum atomic E-state index is 0. The van der Waals surface area contributed by atoms with Crippen LogP contribution in [0.5, 0.6) is 0 Å². The van der Waals surface area contributed by atoms with E-state index in [0.717, 1.165) is 13.1 Å². The molecule has 1 fully saturated rings. The molecule has 1 aliphatic heterocycles. The molecule has 0 aromatic carbocycles. The van der Waals surface area contributed by atoms with Gasteiger partial charge in [0.2, 0.25) is 0 Å². The number of rotatable bonds is 0. The molecule has 3 N–H and O–H groups in total. The molecule has 0 unspecified atom stereocenters. The van der Waals surface area contributed by atoms with Crippen LogP contribution in [-0.2, 0) is 0 Å². The van der Waals surface area contributed by atoms with Crippen LogP contribution in [0.15, 0.2) is 0 Å². The van der Waals surface area contributed by atoms with Crippen molar-refractivity contribution >= 4 is 58.7 Å². The van der Waals surface area contributed by atoms with Crippen LogP contribution in [0.25, 0.3) is 0 Å². The second-order valence-corrected chi connectivity index (χ2v) is 3.62. The predicted octanol–water partition coefficient (Wildman–Crippen LogP) is -0.967. The summed E-state index contributed by atoms with van der Waals surface area (Å²) in [6.07, 6.45) is 0. The molecule has 0 bridgehead atoms. The van der Waals surface area contributed by atoms with Gasteiger partial charge in [0.05, 0.1) is 0 Å². The molecule has 1 aliphatic rings. The van der Waals surface area contributed by atoms with Crippen LogP contribution in [0.3, 0.4) is 0 Å². The number of thiol groups is 1. The number of hydrogen-bond donors (Lipinski definition) is 3. The summed E-state index contributed by atoms with van der Waals surface area (Å²) >= 11 is 7.65. The normalized spacial score (nSPS) is 16.8. The fourth-order valence-electron chi connectivity index (χ4n) is 0.777. The summed E-state index contributed by atoms with van der Waals surface area (Å²) in [5, 5.41) is 3.27. The molecule has 0 amide bonds. The molecule has 68 valence electrons. The maximum absolute atomic E-state index is 4.71. The average Bonchev–Trinajstić information content (AvgIpc) is 1.87. The van der Waals surface area contributed by atoms with Crippen molar-refractivity contribution in [3.05, 3.63) is 0 Å². The van der Waals surface area contributed by atoms with Crippen molar-refractivity contribution in [3.63, 3.8) is 0 Å². The molecule has 1 saturated heterocycles. The van der Waals surface area contributed by atoms with Gasteiger partial charge in [-0.05, 0) is 7.05 Å². The Hall–Kier alpha value is 1.16. The van der Waals surface area contributed by atoms with Crippen molar-refractivity contribution in [3.8, 4) is 0 Å². The van der Waals surface area contributed by atoms with E-state index >= 15 is 0 Å². The molecule has 0 radical (unpaired) electrons. The number of piperazine rings is 1. The molecule has 1 rings (SSSR count). The zero-order valence-corrected chi connectivity index (χ0v) is 8.42. The van der Waals surface area contributed by atoms with Crippen molar-refractivity contribution in [1.82, 2.24) is 10.2 Å². The zero-order valence-electron chi connectivity index (χ0n) is 6.71. The van der Waals surface area contributed by atoms with E-state index in [1.54, 1.807) is 0 Å². The number of nitrogens with one attached hydrogen (secondary N) is 1. The first-order chi connectivity index (χ1) is 5.13. The number of nitrogens with two attached hydrogens (primary N) is 1. The van der Waals surface area contributed by atoms with E-state index in [4.69, 9.17) is 5.73 Å². The Morgan fingerprint density at radius 1 is 1.50 bits per heavy atom. The van der Waals surface area contributed by atoms with Crippen molar-refractivity contribution in [2.75, 3.05) is 33.2 Å². The number of nitrogens with zero attached hydrogens (tertiary/aromatic N) is 1.